The molecule has 0 radical (unpaired) electrons. The van der Waals surface area contributed by atoms with E-state index in [0.717, 1.165) is 27.5 Å². The van der Waals surface area contributed by atoms with Gasteiger partial charge in [0.1, 0.15) is 0 Å². The molecule has 16 heavy (non-hydrogen) atoms. The molecule has 0 saturated heterocycles. The third-order valence-corrected chi connectivity index (χ3v) is 3.26. The summed E-state index contributed by atoms with van der Waals surface area (Å²) in [6.45, 7) is 4.39. The van der Waals surface area contributed by atoms with Gasteiger partial charge in [-0.3, -0.25) is 4.98 Å². The van der Waals surface area contributed by atoms with Crippen molar-refractivity contribution in [3.63, 3.8) is 0 Å². The van der Waals surface area contributed by atoms with Gasteiger partial charge in [-0.1, -0.05) is 35.8 Å². The summed E-state index contributed by atoms with van der Waals surface area (Å²) in [6.07, 6.45) is 2.74. The van der Waals surface area contributed by atoms with Gasteiger partial charge >= 0.3 is 0 Å². The fourth-order valence-corrected chi connectivity index (χ4v) is 2.50. The zero-order valence-electron chi connectivity index (χ0n) is 9.50. The minimum absolute atomic E-state index is 0.583. The smallest absolute Gasteiger partial charge is 0.0717 e. The number of nitrogens with two attached hydrogens (primary N) is 1. The molecule has 3 heteroatoms. The van der Waals surface area contributed by atoms with Crippen LogP contribution in [0.1, 0.15) is 19.4 Å². The molecule has 2 aromatic rings. The van der Waals surface area contributed by atoms with Crippen molar-refractivity contribution in [2.75, 3.05) is 5.73 Å². The highest BCUT2D eigenvalue weighted by atomic mass is 79.9. The lowest BCUT2D eigenvalue weighted by molar-refractivity contribution is 0.651. The van der Waals surface area contributed by atoms with Crippen LogP contribution in [0.25, 0.3) is 10.9 Å². The van der Waals surface area contributed by atoms with Crippen LogP contribution in [0.5, 0.6) is 0 Å². The van der Waals surface area contributed by atoms with Gasteiger partial charge in [0.25, 0.3) is 0 Å². The minimum Gasteiger partial charge on any atom is -0.397 e. The van der Waals surface area contributed by atoms with Crippen LogP contribution in [0.4, 0.5) is 5.69 Å². The van der Waals surface area contributed by atoms with Crippen molar-refractivity contribution in [1.82, 2.24) is 4.98 Å². The standard InChI is InChI=1S/C13H15BrN2/c1-8(2)6-9-11(15)7-16-12-5-3-4-10(14)13(9)12/h3-5,7-8H,6,15H2,1-2H3. The second kappa shape index (κ2) is 4.42. The lowest BCUT2D eigenvalue weighted by atomic mass is 9.98. The number of aromatic nitrogens is 1. The summed E-state index contributed by atoms with van der Waals surface area (Å²) in [7, 11) is 0. The molecule has 0 saturated carbocycles. The fraction of sp³-hybridized carbons (Fsp3) is 0.308. The number of rotatable bonds is 2. The Bertz CT molecular complexity index is 521. The highest BCUT2D eigenvalue weighted by Crippen LogP contribution is 2.30. The van der Waals surface area contributed by atoms with Crippen LogP contribution in [0, 0.1) is 5.92 Å². The Morgan fingerprint density at radius 3 is 2.81 bits per heavy atom. The van der Waals surface area contributed by atoms with Crippen molar-refractivity contribution in [2.45, 2.75) is 20.3 Å². The molecule has 2 N–H and O–H groups in total. The molecule has 0 spiro atoms. The zero-order chi connectivity index (χ0) is 11.7. The summed E-state index contributed by atoms with van der Waals surface area (Å²) in [5.41, 5.74) is 9.01. The Morgan fingerprint density at radius 1 is 1.38 bits per heavy atom. The van der Waals surface area contributed by atoms with E-state index >= 15 is 0 Å². The summed E-state index contributed by atoms with van der Waals surface area (Å²) in [6, 6.07) is 6.05. The molecule has 0 bridgehead atoms. The molecule has 0 aliphatic carbocycles. The number of nitrogen functional groups attached to an aromatic ring is 1. The first-order valence-electron chi connectivity index (χ1n) is 5.41. The largest absolute Gasteiger partial charge is 0.397 e. The van der Waals surface area contributed by atoms with E-state index < -0.39 is 0 Å². The predicted molar refractivity (Wildman–Crippen MR) is 72.4 cm³/mol. The monoisotopic (exact) mass is 278 g/mol. The number of fused-ring (bicyclic) bond motifs is 1. The molecule has 1 heterocycles. The third kappa shape index (κ3) is 2.05. The second-order valence-corrected chi connectivity index (χ2v) is 5.28. The van der Waals surface area contributed by atoms with Crippen LogP contribution in [0.2, 0.25) is 0 Å². The van der Waals surface area contributed by atoms with Gasteiger partial charge in [0.15, 0.2) is 0 Å². The summed E-state index contributed by atoms with van der Waals surface area (Å²) in [5, 5.41) is 1.15. The van der Waals surface area contributed by atoms with Crippen LogP contribution in [-0.2, 0) is 6.42 Å². The van der Waals surface area contributed by atoms with E-state index in [1.165, 1.54) is 5.56 Å². The molecule has 2 nitrogen and oxygen atoms in total. The van der Waals surface area contributed by atoms with E-state index in [1.54, 1.807) is 6.20 Å². The lowest BCUT2D eigenvalue weighted by Crippen LogP contribution is -2.02. The number of benzene rings is 1. The van der Waals surface area contributed by atoms with E-state index in [0.29, 0.717) is 5.92 Å². The molecule has 0 amide bonds. The maximum Gasteiger partial charge on any atom is 0.0717 e. The number of hydrogen-bond acceptors (Lipinski definition) is 2. The van der Waals surface area contributed by atoms with Crippen molar-refractivity contribution in [1.29, 1.82) is 0 Å². The normalized spacial score (nSPS) is 11.2. The van der Waals surface area contributed by atoms with Gasteiger partial charge < -0.3 is 5.73 Å². The lowest BCUT2D eigenvalue weighted by Gasteiger charge is -2.12. The number of hydrogen-bond donors (Lipinski definition) is 1. The Hall–Kier alpha value is -1.09. The molecule has 1 aromatic heterocycles. The quantitative estimate of drug-likeness (QED) is 0.908. The summed E-state index contributed by atoms with van der Waals surface area (Å²) in [5.74, 6) is 0.583. The van der Waals surface area contributed by atoms with Crippen LogP contribution < -0.4 is 5.73 Å². The summed E-state index contributed by atoms with van der Waals surface area (Å²) >= 11 is 3.58. The Morgan fingerprint density at radius 2 is 2.12 bits per heavy atom. The van der Waals surface area contributed by atoms with Gasteiger partial charge in [0.05, 0.1) is 17.4 Å². The first-order chi connectivity index (χ1) is 7.59. The molecule has 0 atom stereocenters. The van der Waals surface area contributed by atoms with Gasteiger partial charge in [0.2, 0.25) is 0 Å². The number of nitrogens with zero attached hydrogens (tertiary/aromatic N) is 1. The molecule has 0 fully saturated rings. The first kappa shape index (κ1) is 11.4. The molecular formula is C13H15BrN2. The van der Waals surface area contributed by atoms with Crippen LogP contribution in [0.3, 0.4) is 0 Å². The first-order valence-corrected chi connectivity index (χ1v) is 6.20. The Kier molecular flexibility index (Phi) is 3.15. The van der Waals surface area contributed by atoms with Crippen LogP contribution in [0.15, 0.2) is 28.9 Å². The Labute approximate surface area is 104 Å². The SMILES string of the molecule is CC(C)Cc1c(N)cnc2cccc(Br)c12. The maximum absolute atomic E-state index is 6.02. The third-order valence-electron chi connectivity index (χ3n) is 2.60. The predicted octanol–water partition coefficient (Wildman–Crippen LogP) is 3.78. The van der Waals surface area contributed by atoms with Crippen molar-refractivity contribution in [3.05, 3.63) is 34.4 Å². The van der Waals surface area contributed by atoms with E-state index in [2.05, 4.69) is 34.8 Å². The molecule has 1 aromatic carbocycles. The van der Waals surface area contributed by atoms with Crippen LogP contribution >= 0.6 is 15.9 Å². The highest BCUT2D eigenvalue weighted by Gasteiger charge is 2.10. The summed E-state index contributed by atoms with van der Waals surface area (Å²) in [4.78, 5) is 4.35. The van der Waals surface area contributed by atoms with Crippen molar-refractivity contribution in [3.8, 4) is 0 Å². The number of anilines is 1. The zero-order valence-corrected chi connectivity index (χ0v) is 11.1. The number of halogens is 1. The van der Waals surface area contributed by atoms with E-state index in [1.807, 2.05) is 18.2 Å². The van der Waals surface area contributed by atoms with Gasteiger partial charge in [-0.05, 0) is 30.0 Å². The second-order valence-electron chi connectivity index (χ2n) is 4.42. The van der Waals surface area contributed by atoms with Crippen molar-refractivity contribution >= 4 is 32.5 Å². The summed E-state index contributed by atoms with van der Waals surface area (Å²) < 4.78 is 1.07. The van der Waals surface area contributed by atoms with E-state index in [-0.39, 0.29) is 0 Å². The average molecular weight is 279 g/mol. The molecule has 0 unspecified atom stereocenters. The molecule has 84 valence electrons. The van der Waals surface area contributed by atoms with Gasteiger partial charge in [-0.15, -0.1) is 0 Å². The van der Waals surface area contributed by atoms with E-state index in [9.17, 15) is 0 Å². The van der Waals surface area contributed by atoms with Crippen molar-refractivity contribution in [2.24, 2.45) is 5.92 Å². The number of pyridine rings is 1. The molecule has 0 aliphatic rings. The molecular weight excluding hydrogens is 264 g/mol. The van der Waals surface area contributed by atoms with Gasteiger partial charge in [0, 0.05) is 9.86 Å². The average Bonchev–Trinajstić information content (AvgIpc) is 2.22. The topological polar surface area (TPSA) is 38.9 Å². The fourth-order valence-electron chi connectivity index (χ4n) is 1.91. The molecule has 0 aliphatic heterocycles. The van der Waals surface area contributed by atoms with Gasteiger partial charge in [-0.25, -0.2) is 0 Å². The highest BCUT2D eigenvalue weighted by molar-refractivity contribution is 9.10. The van der Waals surface area contributed by atoms with Crippen LogP contribution in [-0.4, -0.2) is 4.98 Å². The molecule has 2 rings (SSSR count). The van der Waals surface area contributed by atoms with E-state index in [4.69, 9.17) is 5.73 Å². The Balaban J connectivity index is 2.72. The van der Waals surface area contributed by atoms with Crippen molar-refractivity contribution < 1.29 is 0 Å². The minimum atomic E-state index is 0.583. The van der Waals surface area contributed by atoms with Gasteiger partial charge in [-0.2, -0.15) is 0 Å². The maximum atomic E-state index is 6.02.